The van der Waals surface area contributed by atoms with Crippen molar-refractivity contribution < 1.29 is 36.4 Å². The lowest BCUT2D eigenvalue weighted by atomic mass is 10.2. The van der Waals surface area contributed by atoms with Crippen LogP contribution in [0.4, 0.5) is 17.6 Å². The van der Waals surface area contributed by atoms with Crippen LogP contribution >= 0.6 is 0 Å². The van der Waals surface area contributed by atoms with E-state index in [1.54, 1.807) is 12.3 Å². The van der Waals surface area contributed by atoms with Gasteiger partial charge in [-0.1, -0.05) is 0 Å². The highest BCUT2D eigenvalue weighted by atomic mass is 19.3. The maximum absolute atomic E-state index is 12.3. The van der Waals surface area contributed by atoms with Crippen LogP contribution in [-0.4, -0.2) is 51.0 Å². The number of nitrogens with one attached hydrogen (secondary N) is 2. The summed E-state index contributed by atoms with van der Waals surface area (Å²) in [6.07, 6.45) is -2.04. The summed E-state index contributed by atoms with van der Waals surface area (Å²) in [5.74, 6) is -1.50. The summed E-state index contributed by atoms with van der Waals surface area (Å²) in [6, 6.07) is 1.64. The summed E-state index contributed by atoms with van der Waals surface area (Å²) in [5, 5.41) is 12.6. The van der Waals surface area contributed by atoms with Crippen LogP contribution in [0.2, 0.25) is 0 Å². The Morgan fingerprint density at radius 1 is 1.16 bits per heavy atom. The zero-order valence-corrected chi connectivity index (χ0v) is 16.4. The van der Waals surface area contributed by atoms with Crippen LogP contribution in [0.15, 0.2) is 29.2 Å². The van der Waals surface area contributed by atoms with Gasteiger partial charge in [-0.2, -0.15) is 5.10 Å². The fourth-order valence-electron chi connectivity index (χ4n) is 2.57. The molecule has 0 aliphatic carbocycles. The van der Waals surface area contributed by atoms with Gasteiger partial charge in [0.05, 0.1) is 24.6 Å². The summed E-state index contributed by atoms with van der Waals surface area (Å²) in [6.45, 7) is -0.847. The Kier molecular flexibility index (Phi) is 7.57. The van der Waals surface area contributed by atoms with Gasteiger partial charge in [-0.25, -0.2) is 27.1 Å². The van der Waals surface area contributed by atoms with E-state index in [1.807, 2.05) is 0 Å². The van der Waals surface area contributed by atoms with Crippen molar-refractivity contribution in [2.75, 3.05) is 6.61 Å². The van der Waals surface area contributed by atoms with E-state index in [2.05, 4.69) is 30.4 Å². The molecule has 2 amide bonds. The third-order valence-corrected chi connectivity index (χ3v) is 4.06. The number of hydrogen-bond donors (Lipinski definition) is 2. The zero-order chi connectivity index (χ0) is 23.1. The van der Waals surface area contributed by atoms with Gasteiger partial charge in [0.25, 0.3) is 18.2 Å². The van der Waals surface area contributed by atoms with E-state index in [0.29, 0.717) is 16.9 Å². The molecule has 3 rings (SSSR count). The summed E-state index contributed by atoms with van der Waals surface area (Å²) in [4.78, 5) is 28.1. The largest absolute Gasteiger partial charge is 0.469 e. The van der Waals surface area contributed by atoms with Gasteiger partial charge in [0.2, 0.25) is 12.3 Å². The van der Waals surface area contributed by atoms with Crippen molar-refractivity contribution >= 4 is 17.5 Å². The lowest BCUT2D eigenvalue weighted by molar-refractivity contribution is -0.122. The second-order valence-corrected chi connectivity index (χ2v) is 6.52. The third kappa shape index (κ3) is 6.39. The van der Waals surface area contributed by atoms with E-state index in [-0.39, 0.29) is 31.0 Å². The molecule has 0 radical (unpaired) electrons. The molecular formula is C18H18F4N6O4. The average Bonchev–Trinajstić information content (AvgIpc) is 3.39. The molecule has 0 saturated carbocycles. The van der Waals surface area contributed by atoms with Gasteiger partial charge in [-0.05, 0) is 16.8 Å². The van der Waals surface area contributed by atoms with Crippen LogP contribution in [0.5, 0.6) is 5.88 Å². The molecule has 2 N–H and O–H groups in total. The molecular weight excluding hydrogens is 440 g/mol. The minimum absolute atomic E-state index is 0.0125. The standard InChI is InChI=1S/C18H18F4N6O4/c19-13(20)1-2-16(29)23-4-10-3-15-26-11(7-28(15)25-5-10)6-24-17(30)12-8-32-27-18(12)31-9-14(21)22/h3,5,7-8,13-14H,1-2,4,6,9H2,(H,23,29)(H,24,30). The van der Waals surface area contributed by atoms with Gasteiger partial charge in [-0.15, -0.1) is 0 Å². The summed E-state index contributed by atoms with van der Waals surface area (Å²) < 4.78 is 59.6. The summed E-state index contributed by atoms with van der Waals surface area (Å²) in [5.41, 5.74) is 1.33. The van der Waals surface area contributed by atoms with E-state index in [9.17, 15) is 27.2 Å². The van der Waals surface area contributed by atoms with E-state index < -0.39 is 37.7 Å². The second kappa shape index (κ2) is 10.5. The van der Waals surface area contributed by atoms with Gasteiger partial charge >= 0.3 is 0 Å². The highest BCUT2D eigenvalue weighted by Gasteiger charge is 2.19. The van der Waals surface area contributed by atoms with Gasteiger partial charge < -0.3 is 19.9 Å². The van der Waals surface area contributed by atoms with Gasteiger partial charge in [0, 0.05) is 19.4 Å². The number of carbonyl (C=O) groups is 2. The Morgan fingerprint density at radius 2 is 1.97 bits per heavy atom. The van der Waals surface area contributed by atoms with Gasteiger partial charge in [0.1, 0.15) is 11.8 Å². The van der Waals surface area contributed by atoms with E-state index >= 15 is 0 Å². The number of fused-ring (bicyclic) bond motifs is 1. The Hall–Kier alpha value is -3.71. The molecule has 3 aromatic rings. The topological polar surface area (TPSA) is 124 Å². The first kappa shape index (κ1) is 23.0. The Morgan fingerprint density at radius 3 is 2.72 bits per heavy atom. The number of rotatable bonds is 11. The Labute approximate surface area is 177 Å². The number of imidazole rings is 1. The van der Waals surface area contributed by atoms with E-state index in [0.717, 1.165) is 6.26 Å². The fraction of sp³-hybridized carbons (Fsp3) is 0.389. The SMILES string of the molecule is O=C(CCC(F)F)NCc1cnn2cc(CNC(=O)c3conc3OCC(F)F)nc2c1. The van der Waals surface area contributed by atoms with Crippen molar-refractivity contribution in [2.45, 2.75) is 38.8 Å². The normalized spacial score (nSPS) is 11.3. The Balaban J connectivity index is 1.55. The predicted octanol–water partition coefficient (Wildman–Crippen LogP) is 1.95. The Bertz CT molecular complexity index is 1070. The number of alkyl halides is 4. The van der Waals surface area contributed by atoms with Crippen molar-refractivity contribution in [1.82, 2.24) is 30.4 Å². The maximum atomic E-state index is 12.3. The van der Waals surface area contributed by atoms with Crippen molar-refractivity contribution in [3.63, 3.8) is 0 Å². The monoisotopic (exact) mass is 458 g/mol. The molecule has 0 fully saturated rings. The number of hydrogen-bond acceptors (Lipinski definition) is 7. The quantitative estimate of drug-likeness (QED) is 0.421. The highest BCUT2D eigenvalue weighted by molar-refractivity contribution is 5.95. The smallest absolute Gasteiger partial charge is 0.272 e. The van der Waals surface area contributed by atoms with Crippen molar-refractivity contribution in [3.05, 3.63) is 41.5 Å². The average molecular weight is 458 g/mol. The molecule has 3 heterocycles. The van der Waals surface area contributed by atoms with Crippen LogP contribution in [0.1, 0.15) is 34.5 Å². The molecule has 10 nitrogen and oxygen atoms in total. The van der Waals surface area contributed by atoms with Crippen molar-refractivity contribution in [2.24, 2.45) is 0 Å². The first-order valence-electron chi connectivity index (χ1n) is 9.33. The minimum atomic E-state index is -2.73. The third-order valence-electron chi connectivity index (χ3n) is 4.06. The molecule has 0 unspecified atom stereocenters. The molecule has 172 valence electrons. The molecule has 14 heteroatoms. The molecule has 0 aliphatic heterocycles. The van der Waals surface area contributed by atoms with Gasteiger partial charge in [0.15, 0.2) is 12.3 Å². The molecule has 0 saturated heterocycles. The number of aromatic nitrogens is 4. The summed E-state index contributed by atoms with van der Waals surface area (Å²) in [7, 11) is 0. The van der Waals surface area contributed by atoms with E-state index in [1.165, 1.54) is 10.7 Å². The fourth-order valence-corrected chi connectivity index (χ4v) is 2.57. The van der Waals surface area contributed by atoms with Crippen LogP contribution in [0, 0.1) is 0 Å². The lowest BCUT2D eigenvalue weighted by Crippen LogP contribution is -2.23. The molecule has 0 aromatic carbocycles. The highest BCUT2D eigenvalue weighted by Crippen LogP contribution is 2.16. The first-order chi connectivity index (χ1) is 15.3. The van der Waals surface area contributed by atoms with Crippen LogP contribution < -0.4 is 15.4 Å². The minimum Gasteiger partial charge on any atom is -0.469 e. The lowest BCUT2D eigenvalue weighted by Gasteiger charge is -2.05. The predicted molar refractivity (Wildman–Crippen MR) is 99.2 cm³/mol. The van der Waals surface area contributed by atoms with Crippen LogP contribution in [0.3, 0.4) is 0 Å². The molecule has 32 heavy (non-hydrogen) atoms. The molecule has 0 aliphatic rings. The van der Waals surface area contributed by atoms with Gasteiger partial charge in [-0.3, -0.25) is 9.59 Å². The van der Waals surface area contributed by atoms with Crippen molar-refractivity contribution in [1.29, 1.82) is 0 Å². The number of carbonyl (C=O) groups excluding carboxylic acids is 2. The summed E-state index contributed by atoms with van der Waals surface area (Å²) >= 11 is 0. The first-order valence-corrected chi connectivity index (χ1v) is 9.33. The maximum Gasteiger partial charge on any atom is 0.272 e. The number of halogens is 4. The molecule has 0 atom stereocenters. The number of ether oxygens (including phenoxy) is 1. The van der Waals surface area contributed by atoms with Crippen LogP contribution in [0.25, 0.3) is 5.65 Å². The number of nitrogens with zero attached hydrogens (tertiary/aromatic N) is 4. The van der Waals surface area contributed by atoms with E-state index in [4.69, 9.17) is 4.74 Å². The zero-order valence-electron chi connectivity index (χ0n) is 16.4. The second-order valence-electron chi connectivity index (χ2n) is 6.52. The number of amides is 2. The van der Waals surface area contributed by atoms with Crippen LogP contribution in [-0.2, 0) is 17.9 Å². The molecule has 0 bridgehead atoms. The molecule has 0 spiro atoms. The van der Waals surface area contributed by atoms with Crippen molar-refractivity contribution in [3.8, 4) is 5.88 Å². The molecule has 3 aromatic heterocycles.